The number of hydrogen-bond donors (Lipinski definition) is 0. The van der Waals surface area contributed by atoms with Crippen LogP contribution in [0.3, 0.4) is 0 Å². The summed E-state index contributed by atoms with van der Waals surface area (Å²) >= 11 is 0. The van der Waals surface area contributed by atoms with Crippen molar-refractivity contribution in [3.05, 3.63) is 335 Å². The van der Waals surface area contributed by atoms with Gasteiger partial charge in [-0.05, 0) is 224 Å². The second-order valence-corrected chi connectivity index (χ2v) is 32.5. The van der Waals surface area contributed by atoms with Crippen molar-refractivity contribution in [1.29, 1.82) is 0 Å². The molecule has 0 radical (unpaired) electrons. The largest absolute Gasteiger partial charge is 2.00 e. The van der Waals surface area contributed by atoms with Crippen molar-refractivity contribution in [1.82, 2.24) is 121 Å². The average Bonchev–Trinajstić information content (AvgIpc) is 1.77. The fraction of sp³-hybridized carbons (Fsp3) is 0.170. The van der Waals surface area contributed by atoms with Crippen LogP contribution in [0.1, 0.15) is 107 Å². The number of rotatable bonds is 18. The number of aromatic nitrogens is 24. The molecule has 24 nitrogen and oxygen atoms in total. The predicted octanol–water partition coefficient (Wildman–Crippen LogP) is 20.8. The normalized spacial score (nSPS) is 11.9. The Morgan fingerprint density at radius 1 is 0.241 bits per heavy atom. The van der Waals surface area contributed by atoms with Gasteiger partial charge in [-0.2, -0.15) is 13.2 Å². The summed E-state index contributed by atoms with van der Waals surface area (Å²) in [6.45, 7) is 14.0. The van der Waals surface area contributed by atoms with Crippen LogP contribution in [-0.2, 0) is 129 Å². The molecule has 0 aliphatic heterocycles. The fourth-order valence-corrected chi connectivity index (χ4v) is 16.8. The van der Waals surface area contributed by atoms with E-state index in [-0.39, 0.29) is 90.0 Å². The quantitative estimate of drug-likeness (QED) is 0.0770. The molecule has 16 aromatic heterocycles. The Kier molecular flexibility index (Phi) is 31.4. The molecular formula is C106H85F3N24Pt4. The van der Waals surface area contributed by atoms with E-state index >= 15 is 0 Å². The van der Waals surface area contributed by atoms with Crippen molar-refractivity contribution in [3.63, 3.8) is 0 Å². The monoisotopic (exact) mass is 2530 g/mol. The van der Waals surface area contributed by atoms with Crippen molar-refractivity contribution >= 4 is 0 Å². The molecule has 16 heterocycles. The zero-order valence-corrected chi connectivity index (χ0v) is 84.2. The molecule has 0 spiro atoms. The summed E-state index contributed by atoms with van der Waals surface area (Å²) in [5.41, 5.74) is 36.7. The van der Waals surface area contributed by atoms with Crippen LogP contribution in [0, 0.1) is 34.6 Å². The summed E-state index contributed by atoms with van der Waals surface area (Å²) in [5.74, 6) is 0. The number of aryl methyl sites for hydroxylation is 7. The molecule has 0 fully saturated rings. The molecular weight excluding hydrogens is 2450 g/mol. The van der Waals surface area contributed by atoms with E-state index in [1.807, 2.05) is 191 Å². The van der Waals surface area contributed by atoms with Gasteiger partial charge in [0.1, 0.15) is 5.69 Å². The van der Waals surface area contributed by atoms with Gasteiger partial charge in [0.25, 0.3) is 0 Å². The zero-order chi connectivity index (χ0) is 91.1. The van der Waals surface area contributed by atoms with Crippen LogP contribution in [-0.4, -0.2) is 80.7 Å². The third kappa shape index (κ3) is 21.6. The average molecular weight is 2530 g/mol. The van der Waals surface area contributed by atoms with E-state index in [1.54, 1.807) is 18.2 Å². The minimum atomic E-state index is -4.56. The topological polar surface area (TPSA) is 319 Å². The first-order valence-electron chi connectivity index (χ1n) is 44.2. The molecule has 2 aliphatic carbocycles. The molecule has 690 valence electrons. The fourth-order valence-electron chi connectivity index (χ4n) is 16.8. The Labute approximate surface area is 846 Å². The molecule has 20 aromatic rings. The number of fused-ring (bicyclic) bond motifs is 2. The van der Waals surface area contributed by atoms with Crippen LogP contribution in [0.15, 0.2) is 267 Å². The summed E-state index contributed by atoms with van der Waals surface area (Å²) in [6.07, 6.45) is 6.02. The number of nitrogens with zero attached hydrogens (tertiary/aromatic N) is 24. The maximum absolute atomic E-state index is 12.9. The van der Waals surface area contributed by atoms with Crippen LogP contribution >= 0.6 is 0 Å². The van der Waals surface area contributed by atoms with Crippen LogP contribution in [0.25, 0.3) is 181 Å². The molecule has 0 bridgehead atoms. The van der Waals surface area contributed by atoms with Crippen LogP contribution < -0.4 is 40.8 Å². The Morgan fingerprint density at radius 3 is 0.708 bits per heavy atom. The Morgan fingerprint density at radius 2 is 0.467 bits per heavy atom. The molecule has 0 saturated carbocycles. The number of hydrogen-bond acceptors (Lipinski definition) is 16. The Balaban J connectivity index is 0.000000138. The third-order valence-electron chi connectivity index (χ3n) is 23.5. The van der Waals surface area contributed by atoms with Gasteiger partial charge in [0.15, 0.2) is 0 Å². The zero-order valence-electron chi connectivity index (χ0n) is 75.1. The van der Waals surface area contributed by atoms with E-state index in [4.69, 9.17) is 34.9 Å². The van der Waals surface area contributed by atoms with E-state index in [0.29, 0.717) is 28.5 Å². The van der Waals surface area contributed by atoms with Crippen LogP contribution in [0.5, 0.6) is 0 Å². The summed E-state index contributed by atoms with van der Waals surface area (Å²) in [7, 11) is 0. The first-order chi connectivity index (χ1) is 65.0. The first-order valence-corrected chi connectivity index (χ1v) is 44.2. The van der Waals surface area contributed by atoms with Gasteiger partial charge >= 0.3 is 90.4 Å². The Hall–Kier alpha value is -13.7. The minimum absolute atomic E-state index is 0. The van der Waals surface area contributed by atoms with Gasteiger partial charge in [0.05, 0.1) is 91.1 Å². The third-order valence-corrected chi connectivity index (χ3v) is 23.5. The second-order valence-electron chi connectivity index (χ2n) is 32.5. The van der Waals surface area contributed by atoms with Crippen molar-refractivity contribution in [2.24, 2.45) is 0 Å². The second kappa shape index (κ2) is 44.0. The van der Waals surface area contributed by atoms with Crippen molar-refractivity contribution in [2.45, 2.75) is 119 Å². The molecule has 4 aromatic carbocycles. The van der Waals surface area contributed by atoms with Crippen LogP contribution in [0.2, 0.25) is 0 Å². The number of alkyl halides is 3. The van der Waals surface area contributed by atoms with Crippen LogP contribution in [0.4, 0.5) is 13.2 Å². The predicted molar refractivity (Wildman–Crippen MR) is 505 cm³/mol. The molecule has 0 saturated heterocycles. The van der Waals surface area contributed by atoms with E-state index in [9.17, 15) is 13.2 Å². The van der Waals surface area contributed by atoms with Gasteiger partial charge in [-0.15, -0.1) is 0 Å². The van der Waals surface area contributed by atoms with Gasteiger partial charge in [-0.25, -0.2) is 39.9 Å². The van der Waals surface area contributed by atoms with E-state index in [0.717, 1.165) is 243 Å². The molecule has 2 aliphatic rings. The number of halogens is 3. The molecule has 0 unspecified atom stereocenters. The maximum atomic E-state index is 12.9. The maximum Gasteiger partial charge on any atom is 2.00 e. The smallest absolute Gasteiger partial charge is 0.574 e. The molecule has 22 rings (SSSR count). The number of benzene rings is 4. The van der Waals surface area contributed by atoms with E-state index in [1.165, 1.54) is 36.8 Å². The Bertz CT molecular complexity index is 7250. The van der Waals surface area contributed by atoms with Crippen molar-refractivity contribution in [3.8, 4) is 181 Å². The summed E-state index contributed by atoms with van der Waals surface area (Å²) < 4.78 is 38.8. The van der Waals surface area contributed by atoms with Gasteiger partial charge in [0.2, 0.25) is 0 Å². The first kappa shape index (κ1) is 97.8. The van der Waals surface area contributed by atoms with Crippen molar-refractivity contribution in [2.75, 3.05) is 0 Å². The molecule has 31 heteroatoms. The molecule has 0 amide bonds. The van der Waals surface area contributed by atoms with Gasteiger partial charge < -0.3 is 81.6 Å². The molecule has 137 heavy (non-hydrogen) atoms. The van der Waals surface area contributed by atoms with Gasteiger partial charge in [-0.3, -0.25) is 0 Å². The summed E-state index contributed by atoms with van der Waals surface area (Å²) in [4.78, 5) is 39.0. The number of pyridine rings is 8. The van der Waals surface area contributed by atoms with E-state index < -0.39 is 11.9 Å². The van der Waals surface area contributed by atoms with E-state index in [2.05, 4.69) is 187 Å². The van der Waals surface area contributed by atoms with Crippen molar-refractivity contribution < 1.29 is 97.4 Å². The standard InChI is InChI=1S/C30H26N6.C28H26N6.C24H15F3N6.C24H18N6.4Pt/c1-2-10-20(24-16-8-18-28(32-24)30-22-12-4-6-14-26(22)34-36-30)19(9-1)23-15-7-17-27(31-23)29-21-11-3-5-13-25(21)33-35-29;1-5-21-17(3)27(33-31-21)25-15-9-13-23(29-25)19-11-7-8-12-20(19)24-14-10-16-26(30-24)28-18(4)22(6-2)32-34-28;1-14-12-21(31-30-14)19-10-4-8-17(28-19)15-6-2-3-7-16(15)18-9-5-11-20(29-18)22-13-23(33-32-22)24(25,26)27;1-15-13-23(29-27-15)21-11-5-9-19(25-21)17-7-3-4-8-18(17)20-10-6-12-22(26-20)24-14-16(2)28-30-24;;;;/h1-2,7-10,15-18H,3-6,11-14H2;7-16H,5-6H2,1-4H3;2-13H,1H3;3-14H,1-2H3;;;;/q4*-2;4*+2. The van der Waals surface area contributed by atoms with Gasteiger partial charge in [-0.1, -0.05) is 223 Å². The van der Waals surface area contributed by atoms with Gasteiger partial charge in [0, 0.05) is 84.4 Å². The minimum Gasteiger partial charge on any atom is -0.574 e. The summed E-state index contributed by atoms with van der Waals surface area (Å²) in [6, 6.07) is 86.0. The summed E-state index contributed by atoms with van der Waals surface area (Å²) in [5, 5.41) is 67.1. The molecule has 0 N–H and O–H groups in total. The molecule has 0 atom stereocenters. The SMILES string of the molecule is CCc1n[n-]c(-c2cccc(-c3ccccc3-c3cccc(-c4[n-]nc(CC)c4C)n3)n2)c1C.Cc1cc(-c2cccc(-c3ccccc3-c3cccc(-c4cc(C(F)(F)F)n[n-]4)n3)n2)[n-]n1.Cc1cc(-c2cccc(-c3ccccc3-c3cccc(-c4cc(C)n[n-]4)n3)n2)[n-]n1.[Pt+2].[Pt+2].[Pt+2].[Pt+2].c1cc(-c2ccccc2-c2cccc(-c3[n-]nc4c3CCCC4)n2)nc(-c2[n-]nc3c2CCCC3)c1.